The molecule has 1 heterocycles. The number of rotatable bonds is 2. The highest BCUT2D eigenvalue weighted by molar-refractivity contribution is 6.31. The van der Waals surface area contributed by atoms with E-state index in [-0.39, 0.29) is 44.5 Å². The first kappa shape index (κ1) is 30.2. The van der Waals surface area contributed by atoms with Crippen LogP contribution in [0.15, 0.2) is 41.5 Å². The molecule has 0 saturated heterocycles. The first-order valence-corrected chi connectivity index (χ1v) is 12.7. The predicted molar refractivity (Wildman–Crippen MR) is 152 cm³/mol. The number of halogens is 3. The van der Waals surface area contributed by atoms with E-state index >= 15 is 4.39 Å². The smallest absolute Gasteiger partial charge is 0.208 e. The number of nitrogens with zero attached hydrogens (tertiary/aromatic N) is 10. The molecular formula is C34H5F3N10. The fourth-order valence-corrected chi connectivity index (χ4v) is 5.58. The van der Waals surface area contributed by atoms with Crippen LogP contribution in [0.5, 0.6) is 0 Å². The largest absolute Gasteiger partial charge is 0.214 e. The number of aromatic nitrogens is 1. The molecule has 0 N–H and O–H groups in total. The molecule has 0 saturated carbocycles. The van der Waals surface area contributed by atoms with E-state index in [1.165, 1.54) is 12.1 Å². The summed E-state index contributed by atoms with van der Waals surface area (Å²) >= 11 is 0. The summed E-state index contributed by atoms with van der Waals surface area (Å²) in [5, 5.41) is 89.8. The second-order valence-electron chi connectivity index (χ2n) is 9.44. The van der Waals surface area contributed by atoms with E-state index in [1.54, 1.807) is 30.3 Å². The molecule has 212 valence electrons. The highest BCUT2D eigenvalue weighted by Gasteiger charge is 2.41. The normalized spacial score (nSPS) is 12.1. The molecule has 0 fully saturated rings. The van der Waals surface area contributed by atoms with E-state index < -0.39 is 67.8 Å². The number of allylic oxidation sites excluding steroid dienone is 8. The van der Waals surface area contributed by atoms with Crippen LogP contribution in [0, 0.1) is 120 Å². The molecule has 5 rings (SSSR count). The van der Waals surface area contributed by atoms with Gasteiger partial charge in [-0.2, -0.15) is 51.7 Å². The van der Waals surface area contributed by atoms with Crippen molar-refractivity contribution in [1.29, 1.82) is 47.4 Å². The van der Waals surface area contributed by atoms with Crippen molar-refractivity contribution in [2.24, 2.45) is 0 Å². The van der Waals surface area contributed by atoms with Crippen LogP contribution in [0.4, 0.5) is 13.2 Å². The summed E-state index contributed by atoms with van der Waals surface area (Å²) in [5.74, 6) is -3.45. The van der Waals surface area contributed by atoms with Gasteiger partial charge in [0.1, 0.15) is 77.4 Å². The number of hydrogen-bond donors (Lipinski definition) is 0. The fraction of sp³-hybridized carbons (Fsp3) is 0. The number of nitriles is 9. The zero-order valence-electron chi connectivity index (χ0n) is 23.0. The summed E-state index contributed by atoms with van der Waals surface area (Å²) in [5.41, 5.74) is -6.96. The van der Waals surface area contributed by atoms with Crippen molar-refractivity contribution < 1.29 is 13.2 Å². The van der Waals surface area contributed by atoms with Crippen LogP contribution in [0.3, 0.4) is 0 Å². The lowest BCUT2D eigenvalue weighted by Crippen LogP contribution is -2.00. The third-order valence-corrected chi connectivity index (χ3v) is 7.33. The SMILES string of the molecule is N#CC(C#N)=C1C(c2cc(F)c(C#N)cc2F)=C(C#N)c2c1cc1c(c2C#N)C(C#N)=C(c2ccc(F)nc2C#N)C1=C(C#N)C#N. The van der Waals surface area contributed by atoms with Crippen molar-refractivity contribution >= 4 is 33.4 Å². The van der Waals surface area contributed by atoms with Gasteiger partial charge in [0, 0.05) is 44.5 Å². The lowest BCUT2D eigenvalue weighted by atomic mass is 9.87. The Morgan fingerprint density at radius 1 is 0.532 bits per heavy atom. The van der Waals surface area contributed by atoms with E-state index in [0.717, 1.165) is 12.1 Å². The molecule has 2 aromatic carbocycles. The molecule has 0 atom stereocenters. The Morgan fingerprint density at radius 3 is 1.51 bits per heavy atom. The Morgan fingerprint density at radius 2 is 1.06 bits per heavy atom. The lowest BCUT2D eigenvalue weighted by Gasteiger charge is -2.13. The molecule has 47 heavy (non-hydrogen) atoms. The molecule has 2 aliphatic carbocycles. The van der Waals surface area contributed by atoms with Crippen LogP contribution in [0.2, 0.25) is 0 Å². The van der Waals surface area contributed by atoms with E-state index in [1.807, 2.05) is 18.2 Å². The summed E-state index contributed by atoms with van der Waals surface area (Å²) in [6, 6.07) is 19.6. The Kier molecular flexibility index (Phi) is 7.36. The third-order valence-electron chi connectivity index (χ3n) is 7.33. The first-order chi connectivity index (χ1) is 22.7. The molecule has 10 nitrogen and oxygen atoms in total. The molecule has 0 radical (unpaired) electrons. The second-order valence-corrected chi connectivity index (χ2v) is 9.44. The number of hydrogen-bond acceptors (Lipinski definition) is 10. The van der Waals surface area contributed by atoms with Gasteiger partial charge >= 0.3 is 0 Å². The molecule has 3 aromatic rings. The molecule has 0 amide bonds. The Hall–Kier alpha value is -8.25. The maximum absolute atomic E-state index is 15.5. The quantitative estimate of drug-likeness (QED) is 0.257. The number of pyridine rings is 1. The van der Waals surface area contributed by atoms with Gasteiger partial charge in [-0.3, -0.25) is 0 Å². The van der Waals surface area contributed by atoms with Crippen LogP contribution < -0.4 is 0 Å². The average Bonchev–Trinajstić information content (AvgIpc) is 3.58. The van der Waals surface area contributed by atoms with Crippen LogP contribution >= 0.6 is 0 Å². The zero-order chi connectivity index (χ0) is 34.2. The predicted octanol–water partition coefficient (Wildman–Crippen LogP) is 5.61. The molecule has 1 aromatic heterocycles. The van der Waals surface area contributed by atoms with E-state index in [4.69, 9.17) is 5.26 Å². The summed E-state index contributed by atoms with van der Waals surface area (Å²) in [7, 11) is 0. The van der Waals surface area contributed by atoms with Gasteiger partial charge in [-0.1, -0.05) is 0 Å². The van der Waals surface area contributed by atoms with Crippen LogP contribution in [-0.4, -0.2) is 4.98 Å². The van der Waals surface area contributed by atoms with E-state index in [0.29, 0.717) is 12.1 Å². The van der Waals surface area contributed by atoms with Gasteiger partial charge in [0.2, 0.25) is 5.95 Å². The fourth-order valence-electron chi connectivity index (χ4n) is 5.58. The Balaban J connectivity index is 2.06. The number of benzene rings is 2. The monoisotopic (exact) mass is 610 g/mol. The number of fused-ring (bicyclic) bond motifs is 2. The molecule has 13 heteroatoms. The van der Waals surface area contributed by atoms with Crippen LogP contribution in [0.25, 0.3) is 33.4 Å². The summed E-state index contributed by atoms with van der Waals surface area (Å²) < 4.78 is 44.3. The minimum absolute atomic E-state index is 0.157. The summed E-state index contributed by atoms with van der Waals surface area (Å²) in [4.78, 5) is 3.53. The van der Waals surface area contributed by atoms with Gasteiger partial charge in [-0.15, -0.1) is 0 Å². The maximum Gasteiger partial charge on any atom is 0.214 e. The molecule has 0 aliphatic heterocycles. The third kappa shape index (κ3) is 4.23. The lowest BCUT2D eigenvalue weighted by molar-refractivity contribution is 0.582. The van der Waals surface area contributed by atoms with Crippen molar-refractivity contribution in [1.82, 2.24) is 4.98 Å². The van der Waals surface area contributed by atoms with Crippen molar-refractivity contribution in [2.75, 3.05) is 0 Å². The average molecular weight is 610 g/mol. The second kappa shape index (κ2) is 11.4. The van der Waals surface area contributed by atoms with Crippen LogP contribution in [0.1, 0.15) is 50.2 Å². The topological polar surface area (TPSA) is 227 Å². The van der Waals surface area contributed by atoms with Gasteiger partial charge in [0.25, 0.3) is 0 Å². The Labute approximate surface area is 262 Å². The summed E-state index contributed by atoms with van der Waals surface area (Å²) in [6.07, 6.45) is 0. The molecular weight excluding hydrogens is 605 g/mol. The van der Waals surface area contributed by atoms with E-state index in [2.05, 4.69) is 4.98 Å². The highest BCUT2D eigenvalue weighted by Crippen LogP contribution is 2.56. The minimum Gasteiger partial charge on any atom is -0.208 e. The molecule has 0 unspecified atom stereocenters. The van der Waals surface area contributed by atoms with Crippen molar-refractivity contribution in [3.05, 3.63) is 109 Å². The van der Waals surface area contributed by atoms with Gasteiger partial charge in [-0.25, -0.2) is 13.8 Å². The summed E-state index contributed by atoms with van der Waals surface area (Å²) in [6.45, 7) is 0. The van der Waals surface area contributed by atoms with Gasteiger partial charge < -0.3 is 0 Å². The van der Waals surface area contributed by atoms with Crippen LogP contribution in [-0.2, 0) is 0 Å². The van der Waals surface area contributed by atoms with Crippen molar-refractivity contribution in [3.8, 4) is 54.6 Å². The van der Waals surface area contributed by atoms with Crippen molar-refractivity contribution in [2.45, 2.75) is 0 Å². The van der Waals surface area contributed by atoms with Gasteiger partial charge in [0.15, 0.2) is 5.69 Å². The molecule has 2 aliphatic rings. The standard InChI is InChI=1S/C34H5F3N10/c35-25-5-19(26(36)3-15(25)6-38)34-24(13-45)32-21(30(34)17(9-41)10-42)4-20-29(16(7-39)8-40)33(23(12-44)31(20)22(32)11-43)18-1-2-28(37)47-27(18)14-46/h1-5H. The van der Waals surface area contributed by atoms with Gasteiger partial charge in [-0.05, 0) is 41.5 Å². The highest BCUT2D eigenvalue weighted by atomic mass is 19.1. The molecule has 0 bridgehead atoms. The zero-order valence-corrected chi connectivity index (χ0v) is 23.0. The molecule has 0 spiro atoms. The first-order valence-electron chi connectivity index (χ1n) is 12.7. The van der Waals surface area contributed by atoms with Crippen molar-refractivity contribution in [3.63, 3.8) is 0 Å². The minimum atomic E-state index is -1.21. The maximum atomic E-state index is 15.5. The van der Waals surface area contributed by atoms with E-state index in [9.17, 15) is 50.9 Å². The Bertz CT molecular complexity index is 2560. The van der Waals surface area contributed by atoms with Gasteiger partial charge in [0.05, 0.1) is 22.3 Å².